The van der Waals surface area contributed by atoms with Crippen molar-refractivity contribution in [3.63, 3.8) is 0 Å². The van der Waals surface area contributed by atoms with E-state index in [9.17, 15) is 13.2 Å². The molecular formula is C21H33F3IN3O2. The number of aliphatic imine (C=N–C) groups is 1. The van der Waals surface area contributed by atoms with Gasteiger partial charge in [0.15, 0.2) is 12.6 Å². The lowest BCUT2D eigenvalue weighted by Gasteiger charge is -2.40. The van der Waals surface area contributed by atoms with Gasteiger partial charge in [0, 0.05) is 32.7 Å². The molecule has 1 saturated heterocycles. The number of benzene rings is 1. The number of ether oxygens (including phenoxy) is 2. The van der Waals surface area contributed by atoms with Gasteiger partial charge < -0.3 is 20.1 Å². The molecule has 0 aliphatic carbocycles. The first-order chi connectivity index (χ1) is 13.6. The van der Waals surface area contributed by atoms with E-state index >= 15 is 0 Å². The van der Waals surface area contributed by atoms with Gasteiger partial charge in [0.05, 0.1) is 6.10 Å². The minimum Gasteiger partial charge on any atom is -0.484 e. The molecule has 1 aliphatic rings. The number of alkyl halides is 3. The molecule has 1 aliphatic heterocycles. The Bertz CT molecular complexity index is 661. The van der Waals surface area contributed by atoms with Gasteiger partial charge in [-0.25, -0.2) is 0 Å². The summed E-state index contributed by atoms with van der Waals surface area (Å²) in [5, 5.41) is 6.60. The third-order valence-corrected chi connectivity index (χ3v) is 4.84. The number of guanidine groups is 1. The molecular weight excluding hydrogens is 510 g/mol. The molecule has 0 spiro atoms. The Balaban J connectivity index is 0.00000450. The molecule has 2 rings (SSSR count). The van der Waals surface area contributed by atoms with Gasteiger partial charge in [-0.05, 0) is 36.0 Å². The topological polar surface area (TPSA) is 54.9 Å². The number of nitrogens with zero attached hydrogens (tertiary/aromatic N) is 1. The maximum Gasteiger partial charge on any atom is 0.422 e. The largest absolute Gasteiger partial charge is 0.484 e. The van der Waals surface area contributed by atoms with Gasteiger partial charge in [0.25, 0.3) is 0 Å². The Kier molecular flexibility index (Phi) is 10.7. The Hall–Kier alpha value is -1.23. The Morgan fingerprint density at radius 3 is 2.40 bits per heavy atom. The average molecular weight is 543 g/mol. The van der Waals surface area contributed by atoms with E-state index in [4.69, 9.17) is 9.47 Å². The zero-order valence-corrected chi connectivity index (χ0v) is 20.3. The number of rotatable bonds is 6. The molecule has 5 nitrogen and oxygen atoms in total. The summed E-state index contributed by atoms with van der Waals surface area (Å²) in [5.74, 6) is 1.28. The zero-order valence-electron chi connectivity index (χ0n) is 18.0. The molecule has 1 aromatic carbocycles. The molecule has 2 atom stereocenters. The van der Waals surface area contributed by atoms with Crippen LogP contribution in [0.1, 0.15) is 39.2 Å². The van der Waals surface area contributed by atoms with Crippen molar-refractivity contribution >= 4 is 29.9 Å². The zero-order chi connectivity index (χ0) is 21.5. The van der Waals surface area contributed by atoms with E-state index < -0.39 is 12.8 Å². The summed E-state index contributed by atoms with van der Waals surface area (Å²) in [6, 6.07) is 6.53. The first kappa shape index (κ1) is 26.8. The highest BCUT2D eigenvalue weighted by atomic mass is 127. The van der Waals surface area contributed by atoms with Crippen molar-refractivity contribution in [2.45, 2.75) is 52.4 Å². The minimum absolute atomic E-state index is 0. The second kappa shape index (κ2) is 12.0. The highest BCUT2D eigenvalue weighted by Crippen LogP contribution is 2.33. The van der Waals surface area contributed by atoms with Crippen LogP contribution in [0.25, 0.3) is 0 Å². The van der Waals surface area contributed by atoms with E-state index in [-0.39, 0.29) is 41.2 Å². The molecule has 0 saturated carbocycles. The molecule has 1 fully saturated rings. The Labute approximate surface area is 194 Å². The van der Waals surface area contributed by atoms with E-state index in [1.165, 1.54) is 12.1 Å². The predicted molar refractivity (Wildman–Crippen MR) is 124 cm³/mol. The molecule has 30 heavy (non-hydrogen) atoms. The molecule has 0 radical (unpaired) electrons. The van der Waals surface area contributed by atoms with Crippen LogP contribution in [0.2, 0.25) is 0 Å². The number of hydrogen-bond donors (Lipinski definition) is 2. The van der Waals surface area contributed by atoms with Crippen LogP contribution in [-0.2, 0) is 11.3 Å². The van der Waals surface area contributed by atoms with Gasteiger partial charge >= 0.3 is 6.18 Å². The summed E-state index contributed by atoms with van der Waals surface area (Å²) in [6.45, 7) is 7.39. The van der Waals surface area contributed by atoms with Gasteiger partial charge in [-0.2, -0.15) is 13.2 Å². The lowest BCUT2D eigenvalue weighted by atomic mass is 9.78. The van der Waals surface area contributed by atoms with Crippen molar-refractivity contribution in [3.05, 3.63) is 29.8 Å². The van der Waals surface area contributed by atoms with Crippen LogP contribution >= 0.6 is 24.0 Å². The van der Waals surface area contributed by atoms with Crippen molar-refractivity contribution in [2.24, 2.45) is 16.3 Å². The van der Waals surface area contributed by atoms with Crippen molar-refractivity contribution in [1.29, 1.82) is 0 Å². The third kappa shape index (κ3) is 9.28. The molecule has 0 amide bonds. The SMILES string of the molecule is CN=C(NCc1ccc(OCC(F)(F)F)cc1)NCC1CCCOC1C(C)(C)C.I. The quantitative estimate of drug-likeness (QED) is 0.309. The van der Waals surface area contributed by atoms with E-state index in [2.05, 4.69) is 36.4 Å². The lowest BCUT2D eigenvalue weighted by molar-refractivity contribution is -0.153. The van der Waals surface area contributed by atoms with Crippen molar-refractivity contribution in [2.75, 3.05) is 26.8 Å². The summed E-state index contributed by atoms with van der Waals surface area (Å²) in [6.07, 6.45) is -1.96. The van der Waals surface area contributed by atoms with Gasteiger partial charge in [0.2, 0.25) is 0 Å². The molecule has 1 heterocycles. The van der Waals surface area contributed by atoms with Gasteiger partial charge in [0.1, 0.15) is 5.75 Å². The normalized spacial score (nSPS) is 20.3. The van der Waals surface area contributed by atoms with Gasteiger partial charge in [-0.1, -0.05) is 32.9 Å². The fourth-order valence-electron chi connectivity index (χ4n) is 3.51. The Morgan fingerprint density at radius 1 is 1.17 bits per heavy atom. The average Bonchev–Trinajstić information content (AvgIpc) is 2.66. The van der Waals surface area contributed by atoms with Crippen LogP contribution < -0.4 is 15.4 Å². The van der Waals surface area contributed by atoms with Gasteiger partial charge in [-0.3, -0.25) is 4.99 Å². The maximum atomic E-state index is 12.2. The van der Waals surface area contributed by atoms with Crippen LogP contribution in [0.15, 0.2) is 29.3 Å². The van der Waals surface area contributed by atoms with E-state index in [1.807, 2.05) is 0 Å². The monoisotopic (exact) mass is 543 g/mol. The van der Waals surface area contributed by atoms with E-state index in [1.54, 1.807) is 19.2 Å². The second-order valence-corrected chi connectivity index (χ2v) is 8.41. The highest BCUT2D eigenvalue weighted by Gasteiger charge is 2.35. The van der Waals surface area contributed by atoms with Crippen LogP contribution in [-0.4, -0.2) is 45.0 Å². The van der Waals surface area contributed by atoms with Crippen LogP contribution in [0.5, 0.6) is 5.75 Å². The number of hydrogen-bond acceptors (Lipinski definition) is 3. The standard InChI is InChI=1S/C21H32F3N3O2.HI/c1-20(2,3)18-16(6-5-11-28-18)13-27-19(25-4)26-12-15-7-9-17(10-8-15)29-14-21(22,23)24;/h7-10,16,18H,5-6,11-14H2,1-4H3,(H2,25,26,27);1H. The summed E-state index contributed by atoms with van der Waals surface area (Å²) in [4.78, 5) is 4.25. The first-order valence-electron chi connectivity index (χ1n) is 9.93. The van der Waals surface area contributed by atoms with Crippen molar-refractivity contribution < 1.29 is 22.6 Å². The molecule has 9 heteroatoms. The fraction of sp³-hybridized carbons (Fsp3) is 0.667. The van der Waals surface area contributed by atoms with Crippen LogP contribution in [0, 0.1) is 11.3 Å². The molecule has 2 unspecified atom stereocenters. The van der Waals surface area contributed by atoms with Crippen LogP contribution in [0.3, 0.4) is 0 Å². The van der Waals surface area contributed by atoms with E-state index in [0.717, 1.165) is 31.6 Å². The summed E-state index contributed by atoms with van der Waals surface area (Å²) in [5.41, 5.74) is 1.00. The summed E-state index contributed by atoms with van der Waals surface area (Å²) < 4.78 is 47.3. The molecule has 0 bridgehead atoms. The van der Waals surface area contributed by atoms with E-state index in [0.29, 0.717) is 18.4 Å². The first-order valence-corrected chi connectivity index (χ1v) is 9.93. The summed E-state index contributed by atoms with van der Waals surface area (Å²) in [7, 11) is 1.71. The Morgan fingerprint density at radius 2 is 1.83 bits per heavy atom. The maximum absolute atomic E-state index is 12.2. The lowest BCUT2D eigenvalue weighted by Crippen LogP contribution is -2.47. The summed E-state index contributed by atoms with van der Waals surface area (Å²) >= 11 is 0. The number of nitrogens with one attached hydrogen (secondary N) is 2. The third-order valence-electron chi connectivity index (χ3n) is 4.84. The second-order valence-electron chi connectivity index (χ2n) is 8.41. The van der Waals surface area contributed by atoms with Gasteiger partial charge in [-0.15, -0.1) is 24.0 Å². The minimum atomic E-state index is -4.34. The van der Waals surface area contributed by atoms with Crippen molar-refractivity contribution in [1.82, 2.24) is 10.6 Å². The predicted octanol–water partition coefficient (Wildman–Crippen LogP) is 4.75. The van der Waals surface area contributed by atoms with Crippen LogP contribution in [0.4, 0.5) is 13.2 Å². The highest BCUT2D eigenvalue weighted by molar-refractivity contribution is 14.0. The smallest absolute Gasteiger partial charge is 0.422 e. The fourth-order valence-corrected chi connectivity index (χ4v) is 3.51. The molecule has 172 valence electrons. The van der Waals surface area contributed by atoms with Crippen molar-refractivity contribution in [3.8, 4) is 5.75 Å². The molecule has 0 aromatic heterocycles. The number of halogens is 4. The molecule has 2 N–H and O–H groups in total. The molecule has 1 aromatic rings.